The first-order valence-electron chi connectivity index (χ1n) is 10.3. The second-order valence-electron chi connectivity index (χ2n) is 7.63. The van der Waals surface area contributed by atoms with Crippen LogP contribution in [0.3, 0.4) is 0 Å². The van der Waals surface area contributed by atoms with Gasteiger partial charge in [0.05, 0.1) is 22.7 Å². The lowest BCUT2D eigenvalue weighted by Gasteiger charge is -2.35. The lowest BCUT2D eigenvalue weighted by Crippen LogP contribution is -2.51. The maximum absolute atomic E-state index is 13.1. The van der Waals surface area contributed by atoms with Gasteiger partial charge in [0.2, 0.25) is 5.91 Å². The molecule has 3 amide bonds. The van der Waals surface area contributed by atoms with Gasteiger partial charge in [0.15, 0.2) is 0 Å². The lowest BCUT2D eigenvalue weighted by atomic mass is 10.1. The Morgan fingerprint density at radius 1 is 0.867 bits per heavy atom. The predicted molar refractivity (Wildman–Crippen MR) is 117 cm³/mol. The van der Waals surface area contributed by atoms with Gasteiger partial charge in [-0.25, -0.2) is 0 Å². The summed E-state index contributed by atoms with van der Waals surface area (Å²) in [4.78, 5) is 44.3. The van der Waals surface area contributed by atoms with Crippen LogP contribution in [-0.4, -0.2) is 78.2 Å². The van der Waals surface area contributed by atoms with E-state index in [-0.39, 0.29) is 17.7 Å². The minimum Gasteiger partial charge on any atom is -0.342 e. The van der Waals surface area contributed by atoms with Gasteiger partial charge in [-0.2, -0.15) is 0 Å². The molecule has 2 fully saturated rings. The van der Waals surface area contributed by atoms with E-state index < -0.39 is 0 Å². The van der Waals surface area contributed by atoms with Crippen molar-refractivity contribution < 1.29 is 14.4 Å². The molecule has 0 spiro atoms. The van der Waals surface area contributed by atoms with E-state index in [9.17, 15) is 14.4 Å². The number of benzene rings is 1. The van der Waals surface area contributed by atoms with Crippen LogP contribution < -0.4 is 5.32 Å². The van der Waals surface area contributed by atoms with Gasteiger partial charge in [-0.1, -0.05) is 18.2 Å². The van der Waals surface area contributed by atoms with E-state index in [1.54, 1.807) is 29.2 Å². The number of thiophene rings is 1. The smallest absolute Gasteiger partial charge is 0.265 e. The third-order valence-electron chi connectivity index (χ3n) is 5.63. The van der Waals surface area contributed by atoms with Crippen LogP contribution >= 0.6 is 11.3 Å². The highest BCUT2D eigenvalue weighted by Gasteiger charge is 2.27. The van der Waals surface area contributed by atoms with Gasteiger partial charge in [-0.3, -0.25) is 19.3 Å². The number of carbonyl (C=O) groups is 3. The van der Waals surface area contributed by atoms with E-state index in [2.05, 4.69) is 10.2 Å². The minimum absolute atomic E-state index is 0.0948. The van der Waals surface area contributed by atoms with Crippen molar-refractivity contribution in [2.45, 2.75) is 12.8 Å². The molecule has 0 aliphatic carbocycles. The van der Waals surface area contributed by atoms with Gasteiger partial charge < -0.3 is 15.1 Å². The third kappa shape index (κ3) is 4.71. The van der Waals surface area contributed by atoms with Crippen LogP contribution in [0.15, 0.2) is 41.8 Å². The summed E-state index contributed by atoms with van der Waals surface area (Å²) >= 11 is 1.36. The lowest BCUT2D eigenvalue weighted by molar-refractivity contribution is -0.131. The molecule has 1 aromatic carbocycles. The molecule has 1 N–H and O–H groups in total. The van der Waals surface area contributed by atoms with E-state index >= 15 is 0 Å². The van der Waals surface area contributed by atoms with E-state index in [4.69, 9.17) is 0 Å². The number of likely N-dealkylation sites (tertiary alicyclic amines) is 1. The van der Waals surface area contributed by atoms with Gasteiger partial charge in [0.1, 0.15) is 0 Å². The summed E-state index contributed by atoms with van der Waals surface area (Å²) in [5.74, 6) is -0.119. The standard InChI is InChI=1S/C22H26N4O3S/c27-20(25-9-3-4-10-25)16-24-11-13-26(14-12-24)22(29)17-6-1-2-7-18(17)23-21(28)19-8-5-15-30-19/h1-2,5-8,15H,3-4,9-14,16H2,(H,23,28). The Kier molecular flexibility index (Phi) is 6.44. The normalized spacial score (nSPS) is 17.2. The highest BCUT2D eigenvalue weighted by Crippen LogP contribution is 2.20. The monoisotopic (exact) mass is 426 g/mol. The fourth-order valence-electron chi connectivity index (χ4n) is 3.91. The minimum atomic E-state index is -0.213. The Bertz CT molecular complexity index is 901. The molecular formula is C22H26N4O3S. The summed E-state index contributed by atoms with van der Waals surface area (Å²) in [6.45, 7) is 4.65. The quantitative estimate of drug-likeness (QED) is 0.797. The Morgan fingerprint density at radius 2 is 1.60 bits per heavy atom. The second kappa shape index (κ2) is 9.40. The molecule has 4 rings (SSSR count). The highest BCUT2D eigenvalue weighted by molar-refractivity contribution is 7.12. The van der Waals surface area contributed by atoms with E-state index in [1.807, 2.05) is 22.4 Å². The van der Waals surface area contributed by atoms with Crippen molar-refractivity contribution in [1.82, 2.24) is 14.7 Å². The molecule has 2 saturated heterocycles. The Hall–Kier alpha value is -2.71. The zero-order valence-electron chi connectivity index (χ0n) is 16.9. The van der Waals surface area contributed by atoms with Crippen LogP contribution in [0.4, 0.5) is 5.69 Å². The van der Waals surface area contributed by atoms with Crippen molar-refractivity contribution in [3.8, 4) is 0 Å². The predicted octanol–water partition coefficient (Wildman–Crippen LogP) is 2.38. The van der Waals surface area contributed by atoms with E-state index in [0.29, 0.717) is 48.9 Å². The van der Waals surface area contributed by atoms with Gasteiger partial charge in [0, 0.05) is 39.3 Å². The maximum Gasteiger partial charge on any atom is 0.265 e. The molecule has 0 bridgehead atoms. The zero-order valence-corrected chi connectivity index (χ0v) is 17.7. The first kappa shape index (κ1) is 20.6. The second-order valence-corrected chi connectivity index (χ2v) is 8.58. The SMILES string of the molecule is O=C(Nc1ccccc1C(=O)N1CCN(CC(=O)N2CCCC2)CC1)c1cccs1. The molecule has 0 saturated carbocycles. The van der Waals surface area contributed by atoms with Crippen molar-refractivity contribution in [2.75, 3.05) is 51.1 Å². The molecule has 0 radical (unpaired) electrons. The van der Waals surface area contributed by atoms with Crippen LogP contribution in [0.1, 0.15) is 32.9 Å². The van der Waals surface area contributed by atoms with Crippen molar-refractivity contribution in [2.24, 2.45) is 0 Å². The third-order valence-corrected chi connectivity index (χ3v) is 6.50. The number of carbonyl (C=O) groups excluding carboxylic acids is 3. The number of anilines is 1. The fraction of sp³-hybridized carbons (Fsp3) is 0.409. The first-order chi connectivity index (χ1) is 14.6. The van der Waals surface area contributed by atoms with Crippen LogP contribution in [0.2, 0.25) is 0 Å². The molecule has 0 unspecified atom stereocenters. The Labute approximate surface area is 180 Å². The molecule has 158 valence electrons. The van der Waals surface area contributed by atoms with Gasteiger partial charge in [0.25, 0.3) is 11.8 Å². The molecule has 7 nitrogen and oxygen atoms in total. The van der Waals surface area contributed by atoms with E-state index in [1.165, 1.54) is 11.3 Å². The number of piperazine rings is 1. The fourth-order valence-corrected chi connectivity index (χ4v) is 4.53. The van der Waals surface area contributed by atoms with Gasteiger partial charge in [-0.15, -0.1) is 11.3 Å². The number of nitrogens with one attached hydrogen (secondary N) is 1. The summed E-state index contributed by atoms with van der Waals surface area (Å²) in [6.07, 6.45) is 2.19. The molecule has 2 aliphatic heterocycles. The van der Waals surface area contributed by atoms with Crippen LogP contribution in [0.5, 0.6) is 0 Å². The van der Waals surface area contributed by atoms with Gasteiger partial charge in [-0.05, 0) is 36.4 Å². The van der Waals surface area contributed by atoms with Crippen LogP contribution in [0.25, 0.3) is 0 Å². The zero-order chi connectivity index (χ0) is 20.9. The number of para-hydroxylation sites is 1. The molecular weight excluding hydrogens is 400 g/mol. The van der Waals surface area contributed by atoms with Crippen molar-refractivity contribution in [3.05, 3.63) is 52.2 Å². The Balaban J connectivity index is 1.35. The maximum atomic E-state index is 13.1. The summed E-state index contributed by atoms with van der Waals surface area (Å²) in [7, 11) is 0. The van der Waals surface area contributed by atoms with Crippen molar-refractivity contribution >= 4 is 34.7 Å². The molecule has 2 aromatic rings. The van der Waals surface area contributed by atoms with Crippen molar-refractivity contribution in [1.29, 1.82) is 0 Å². The summed E-state index contributed by atoms with van der Waals surface area (Å²) in [5.41, 5.74) is 1.01. The van der Waals surface area contributed by atoms with Crippen LogP contribution in [0, 0.1) is 0 Å². The number of hydrogen-bond donors (Lipinski definition) is 1. The summed E-state index contributed by atoms with van der Waals surface area (Å²) < 4.78 is 0. The average molecular weight is 427 g/mol. The highest BCUT2D eigenvalue weighted by atomic mass is 32.1. The number of nitrogens with zero attached hydrogens (tertiary/aromatic N) is 3. The largest absolute Gasteiger partial charge is 0.342 e. The summed E-state index contributed by atoms with van der Waals surface area (Å²) in [5, 5.41) is 4.71. The average Bonchev–Trinajstić information content (AvgIpc) is 3.48. The van der Waals surface area contributed by atoms with Crippen molar-refractivity contribution in [3.63, 3.8) is 0 Å². The first-order valence-corrected chi connectivity index (χ1v) is 11.2. The molecule has 1 aromatic heterocycles. The van der Waals surface area contributed by atoms with E-state index in [0.717, 1.165) is 25.9 Å². The number of rotatable bonds is 5. The van der Waals surface area contributed by atoms with Crippen LogP contribution in [-0.2, 0) is 4.79 Å². The summed E-state index contributed by atoms with van der Waals surface area (Å²) in [6, 6.07) is 10.7. The Morgan fingerprint density at radius 3 is 2.30 bits per heavy atom. The number of hydrogen-bond acceptors (Lipinski definition) is 5. The number of amides is 3. The molecule has 3 heterocycles. The van der Waals surface area contributed by atoms with Gasteiger partial charge >= 0.3 is 0 Å². The molecule has 2 aliphatic rings. The molecule has 30 heavy (non-hydrogen) atoms. The molecule has 0 atom stereocenters. The molecule has 8 heteroatoms. The topological polar surface area (TPSA) is 73.0 Å².